The number of para-hydroxylation sites is 1. The largest absolute Gasteiger partial charge is 0.353 e. The third-order valence-corrected chi connectivity index (χ3v) is 13.9. The van der Waals surface area contributed by atoms with Crippen molar-refractivity contribution in [3.05, 3.63) is 101 Å². The topological polar surface area (TPSA) is 3.01 Å². The molecule has 2 atom stereocenters. The van der Waals surface area contributed by atoms with E-state index in [0.29, 0.717) is 6.04 Å². The quantitative estimate of drug-likeness (QED) is 0.307. The maximum atomic E-state index is 6.24. The summed E-state index contributed by atoms with van der Waals surface area (Å²) in [6, 6.07) is 30.8. The van der Waals surface area contributed by atoms with Crippen LogP contribution in [0.25, 0.3) is 0 Å². The minimum absolute atomic E-state index is 0.0122. The molecule has 4 rings (SSSR count). The Hall–Kier alpha value is -2.03. The van der Waals surface area contributed by atoms with Crippen molar-refractivity contribution in [1.82, 2.24) is 0 Å². The van der Waals surface area contributed by atoms with Gasteiger partial charge in [0, 0.05) is 10.7 Å². The van der Waals surface area contributed by atoms with Crippen molar-refractivity contribution in [2.75, 3.05) is 4.90 Å². The van der Waals surface area contributed by atoms with Gasteiger partial charge in [-0.3, -0.25) is 0 Å². The van der Waals surface area contributed by atoms with E-state index in [4.69, 9.17) is 11.6 Å². The summed E-state index contributed by atoms with van der Waals surface area (Å²) in [6.07, 6.45) is 0. The average Bonchev–Trinajstić information content (AvgIpc) is 3.41. The molecule has 0 aromatic heterocycles. The zero-order chi connectivity index (χ0) is 20.9. The molecule has 150 valence electrons. The molecule has 3 aromatic rings. The third-order valence-electron chi connectivity index (χ3n) is 7.23. The van der Waals surface area contributed by atoms with Crippen LogP contribution in [0.4, 0.5) is 5.69 Å². The molecule has 0 N–H and O–H groups in total. The van der Waals surface area contributed by atoms with Crippen LogP contribution in [0.5, 0.6) is 0 Å². The van der Waals surface area contributed by atoms with Crippen molar-refractivity contribution >= 4 is 25.4 Å². The molecule has 0 spiro atoms. The highest BCUT2D eigenvalue weighted by atomic mass is 35.5. The lowest BCUT2D eigenvalue weighted by atomic mass is 10.0. The molecular formula is C26H30ClNSi. The van der Waals surface area contributed by atoms with E-state index in [1.807, 2.05) is 12.1 Å². The molecule has 1 heterocycles. The summed E-state index contributed by atoms with van der Waals surface area (Å²) in [5.74, 6) is 0. The van der Waals surface area contributed by atoms with Crippen molar-refractivity contribution in [2.24, 2.45) is 0 Å². The van der Waals surface area contributed by atoms with Crippen LogP contribution in [0, 0.1) is 0 Å². The maximum absolute atomic E-state index is 6.24. The molecule has 3 heteroatoms. The van der Waals surface area contributed by atoms with Crippen LogP contribution in [0.1, 0.15) is 37.9 Å². The molecule has 1 aliphatic heterocycles. The van der Waals surface area contributed by atoms with Crippen molar-refractivity contribution in [2.45, 2.75) is 50.1 Å². The lowest BCUT2D eigenvalue weighted by Crippen LogP contribution is -2.53. The average molecular weight is 420 g/mol. The second-order valence-electron chi connectivity index (χ2n) is 9.67. The van der Waals surface area contributed by atoms with Gasteiger partial charge in [0.1, 0.15) is 0 Å². The van der Waals surface area contributed by atoms with Crippen molar-refractivity contribution in [3.8, 4) is 0 Å². The molecule has 1 saturated heterocycles. The smallest absolute Gasteiger partial charge is 0.0916 e. The fourth-order valence-corrected chi connectivity index (χ4v) is 8.77. The highest BCUT2D eigenvalue weighted by Gasteiger charge is 2.73. The van der Waals surface area contributed by atoms with Crippen molar-refractivity contribution < 1.29 is 0 Å². The number of hydrogen-bond acceptors (Lipinski definition) is 1. The van der Waals surface area contributed by atoms with Crippen LogP contribution in [0.2, 0.25) is 23.2 Å². The predicted molar refractivity (Wildman–Crippen MR) is 128 cm³/mol. The number of nitrogens with zero attached hydrogens (tertiary/aromatic N) is 1. The molecule has 1 fully saturated rings. The molecule has 0 radical (unpaired) electrons. The van der Waals surface area contributed by atoms with Gasteiger partial charge in [0.25, 0.3) is 0 Å². The summed E-state index contributed by atoms with van der Waals surface area (Å²) in [5.41, 5.74) is 4.06. The normalized spacial score (nSPS) is 21.9. The van der Waals surface area contributed by atoms with Crippen LogP contribution in [-0.4, -0.2) is 8.07 Å². The van der Waals surface area contributed by atoms with Gasteiger partial charge in [-0.2, -0.15) is 0 Å². The highest BCUT2D eigenvalue weighted by Crippen LogP contribution is 2.69. The van der Waals surface area contributed by atoms with Gasteiger partial charge < -0.3 is 4.90 Å². The standard InChI is InChI=1S/C26H30ClNSi/c1-25(2,3)29(4,5)26(21-12-8-6-9-13-21)24(20-16-18-22(27)19-17-20)28(26)23-14-10-7-11-15-23/h6-19,24H,1-5H3/t24-,26+,28?/m1/s1. The minimum atomic E-state index is -1.87. The molecule has 1 nitrogen and oxygen atoms in total. The van der Waals surface area contributed by atoms with Gasteiger partial charge in [-0.05, 0) is 40.4 Å². The zero-order valence-corrected chi connectivity index (χ0v) is 19.7. The fraction of sp³-hybridized carbons (Fsp3) is 0.308. The Balaban J connectivity index is 1.99. The van der Waals surface area contributed by atoms with E-state index in [-0.39, 0.29) is 10.2 Å². The third kappa shape index (κ3) is 3.05. The molecule has 0 unspecified atom stereocenters. The van der Waals surface area contributed by atoms with Crippen LogP contribution in [0.15, 0.2) is 84.9 Å². The maximum Gasteiger partial charge on any atom is 0.0916 e. The highest BCUT2D eigenvalue weighted by molar-refractivity contribution is 6.84. The molecule has 29 heavy (non-hydrogen) atoms. The van der Waals surface area contributed by atoms with E-state index >= 15 is 0 Å². The summed E-state index contributed by atoms with van der Waals surface area (Å²) in [6.45, 7) is 12.4. The summed E-state index contributed by atoms with van der Waals surface area (Å²) >= 11 is 6.24. The number of anilines is 1. The first-order valence-electron chi connectivity index (χ1n) is 10.4. The predicted octanol–water partition coefficient (Wildman–Crippen LogP) is 7.84. The van der Waals surface area contributed by atoms with Crippen molar-refractivity contribution in [1.29, 1.82) is 0 Å². The lowest BCUT2D eigenvalue weighted by Gasteiger charge is -2.44. The Bertz CT molecular complexity index is 977. The van der Waals surface area contributed by atoms with Gasteiger partial charge in [-0.15, -0.1) is 0 Å². The van der Waals surface area contributed by atoms with Crippen molar-refractivity contribution in [3.63, 3.8) is 0 Å². The SMILES string of the molecule is CC(C)(C)[Si](C)(C)[C@@]1(c2ccccc2)[C@@H](c2ccc(Cl)cc2)N1c1ccccc1. The van der Waals surface area contributed by atoms with E-state index in [1.54, 1.807) is 0 Å². The Morgan fingerprint density at radius 3 is 1.83 bits per heavy atom. The molecule has 3 aromatic carbocycles. The van der Waals surface area contributed by atoms with Gasteiger partial charge in [0.15, 0.2) is 0 Å². The summed E-state index contributed by atoms with van der Waals surface area (Å²) in [5, 5.41) is 1.01. The second-order valence-corrected chi connectivity index (χ2v) is 15.6. The minimum Gasteiger partial charge on any atom is -0.353 e. The van der Waals surface area contributed by atoms with Crippen LogP contribution in [0.3, 0.4) is 0 Å². The Labute approximate surface area is 181 Å². The summed E-state index contributed by atoms with van der Waals surface area (Å²) < 4.78 is 0. The summed E-state index contributed by atoms with van der Waals surface area (Å²) in [4.78, 5) is 2.67. The number of benzene rings is 3. The Morgan fingerprint density at radius 1 is 0.793 bits per heavy atom. The van der Waals surface area contributed by atoms with Gasteiger partial charge in [0.2, 0.25) is 0 Å². The van der Waals surface area contributed by atoms with Gasteiger partial charge in [-0.25, -0.2) is 0 Å². The monoisotopic (exact) mass is 419 g/mol. The second kappa shape index (κ2) is 7.04. The first kappa shape index (κ1) is 20.2. The zero-order valence-electron chi connectivity index (χ0n) is 18.0. The molecule has 0 saturated carbocycles. The van der Waals surface area contributed by atoms with Crippen LogP contribution >= 0.6 is 11.6 Å². The van der Waals surface area contributed by atoms with Gasteiger partial charge in [-0.1, -0.05) is 106 Å². The van der Waals surface area contributed by atoms with E-state index in [9.17, 15) is 0 Å². The first-order chi connectivity index (χ1) is 13.7. The van der Waals surface area contributed by atoms with E-state index < -0.39 is 8.07 Å². The van der Waals surface area contributed by atoms with E-state index in [1.165, 1.54) is 16.8 Å². The number of rotatable bonds is 4. The van der Waals surface area contributed by atoms with Crippen LogP contribution in [-0.2, 0) is 5.16 Å². The molecule has 0 bridgehead atoms. The fourth-order valence-electron chi connectivity index (χ4n) is 4.83. The Kier molecular flexibility index (Phi) is 4.91. The first-order valence-corrected chi connectivity index (χ1v) is 13.7. The number of halogens is 1. The Morgan fingerprint density at radius 2 is 1.31 bits per heavy atom. The van der Waals surface area contributed by atoms with Gasteiger partial charge in [0.05, 0.1) is 19.3 Å². The van der Waals surface area contributed by atoms with Gasteiger partial charge >= 0.3 is 0 Å². The molecule has 1 aliphatic rings. The van der Waals surface area contributed by atoms with E-state index in [0.717, 1.165) is 5.02 Å². The molecular weight excluding hydrogens is 390 g/mol. The summed E-state index contributed by atoms with van der Waals surface area (Å²) in [7, 11) is -1.87. The number of hydrogen-bond donors (Lipinski definition) is 0. The van der Waals surface area contributed by atoms with E-state index in [2.05, 4.69) is 112 Å². The molecule has 0 amide bonds. The molecule has 0 aliphatic carbocycles. The lowest BCUT2D eigenvalue weighted by molar-refractivity contribution is 0.675. The van der Waals surface area contributed by atoms with Crippen LogP contribution < -0.4 is 4.90 Å².